The van der Waals surface area contributed by atoms with Crippen molar-refractivity contribution in [3.8, 4) is 28.9 Å². The summed E-state index contributed by atoms with van der Waals surface area (Å²) in [5.74, 6) is 0.513. The van der Waals surface area contributed by atoms with Gasteiger partial charge in [-0.3, -0.25) is 4.79 Å². The SMILES string of the molecule is Cc1ccc(OCC(F)F)c(C(=O)Nc2cccc(-c3nnc(-c4ccco4)o3)c2)c1. The van der Waals surface area contributed by atoms with Crippen molar-refractivity contribution in [2.45, 2.75) is 13.3 Å². The fourth-order valence-corrected chi connectivity index (χ4v) is 2.87. The molecule has 0 aliphatic heterocycles. The lowest BCUT2D eigenvalue weighted by Crippen LogP contribution is -2.16. The van der Waals surface area contributed by atoms with E-state index in [1.54, 1.807) is 55.5 Å². The van der Waals surface area contributed by atoms with Crippen LogP contribution in [0.25, 0.3) is 23.1 Å². The minimum absolute atomic E-state index is 0.0829. The molecule has 0 fully saturated rings. The first kappa shape index (κ1) is 20.3. The number of carbonyl (C=O) groups is 1. The number of aromatic nitrogens is 2. The molecule has 158 valence electrons. The van der Waals surface area contributed by atoms with Crippen molar-refractivity contribution in [2.24, 2.45) is 0 Å². The Kier molecular flexibility index (Phi) is 5.74. The zero-order valence-corrected chi connectivity index (χ0v) is 16.3. The highest BCUT2D eigenvalue weighted by Crippen LogP contribution is 2.27. The number of furan rings is 1. The van der Waals surface area contributed by atoms with Crippen molar-refractivity contribution in [1.29, 1.82) is 0 Å². The molecule has 0 spiro atoms. The number of halogens is 2. The Morgan fingerprint density at radius 2 is 1.94 bits per heavy atom. The lowest BCUT2D eigenvalue weighted by molar-refractivity contribution is 0.0803. The largest absolute Gasteiger partial charge is 0.487 e. The molecule has 0 aliphatic rings. The van der Waals surface area contributed by atoms with Gasteiger partial charge >= 0.3 is 0 Å². The Morgan fingerprint density at radius 3 is 2.71 bits per heavy atom. The van der Waals surface area contributed by atoms with E-state index in [1.165, 1.54) is 12.3 Å². The van der Waals surface area contributed by atoms with Gasteiger partial charge in [0.25, 0.3) is 18.2 Å². The van der Waals surface area contributed by atoms with Crippen LogP contribution in [0, 0.1) is 6.92 Å². The van der Waals surface area contributed by atoms with E-state index in [4.69, 9.17) is 13.6 Å². The average Bonchev–Trinajstić information content (AvgIpc) is 3.45. The minimum atomic E-state index is -2.64. The minimum Gasteiger partial charge on any atom is -0.487 e. The molecule has 0 bridgehead atoms. The topological polar surface area (TPSA) is 90.4 Å². The molecule has 7 nitrogen and oxygen atoms in total. The lowest BCUT2D eigenvalue weighted by atomic mass is 10.1. The molecule has 0 aliphatic carbocycles. The van der Waals surface area contributed by atoms with Crippen molar-refractivity contribution in [3.05, 3.63) is 72.0 Å². The molecule has 1 amide bonds. The van der Waals surface area contributed by atoms with E-state index in [9.17, 15) is 13.6 Å². The summed E-state index contributed by atoms with van der Waals surface area (Å²) < 4.78 is 41.0. The normalized spacial score (nSPS) is 11.0. The molecule has 2 aromatic heterocycles. The average molecular weight is 425 g/mol. The van der Waals surface area contributed by atoms with Gasteiger partial charge in [-0.2, -0.15) is 0 Å². The first-order chi connectivity index (χ1) is 15.0. The van der Waals surface area contributed by atoms with Gasteiger partial charge in [-0.1, -0.05) is 17.7 Å². The number of rotatable bonds is 7. The molecule has 1 N–H and O–H groups in total. The predicted molar refractivity (Wildman–Crippen MR) is 108 cm³/mol. The molecule has 0 saturated carbocycles. The van der Waals surface area contributed by atoms with Gasteiger partial charge in [0, 0.05) is 11.3 Å². The van der Waals surface area contributed by atoms with Crippen molar-refractivity contribution >= 4 is 11.6 Å². The molecule has 0 saturated heterocycles. The number of anilines is 1. The van der Waals surface area contributed by atoms with Crippen LogP contribution in [-0.2, 0) is 0 Å². The van der Waals surface area contributed by atoms with Crippen molar-refractivity contribution in [1.82, 2.24) is 10.2 Å². The number of alkyl halides is 2. The summed E-state index contributed by atoms with van der Waals surface area (Å²) >= 11 is 0. The van der Waals surface area contributed by atoms with Crippen LogP contribution in [0.15, 0.2) is 69.7 Å². The first-order valence-electron chi connectivity index (χ1n) is 9.30. The standard InChI is InChI=1S/C22H17F2N3O4/c1-13-7-8-17(30-12-19(23)24)16(10-13)20(28)25-15-5-2-4-14(11-15)21-26-27-22(31-21)18-6-3-9-29-18/h2-11,19H,12H2,1H3,(H,25,28). The number of hydrogen-bond acceptors (Lipinski definition) is 6. The third kappa shape index (κ3) is 4.77. The third-order valence-corrected chi connectivity index (χ3v) is 4.27. The fourth-order valence-electron chi connectivity index (χ4n) is 2.87. The maximum Gasteiger partial charge on any atom is 0.283 e. The smallest absolute Gasteiger partial charge is 0.283 e. The number of nitrogens with one attached hydrogen (secondary N) is 1. The van der Waals surface area contributed by atoms with Crippen LogP contribution in [0.5, 0.6) is 5.75 Å². The molecule has 31 heavy (non-hydrogen) atoms. The van der Waals surface area contributed by atoms with E-state index < -0.39 is 18.9 Å². The maximum absolute atomic E-state index is 12.8. The van der Waals surface area contributed by atoms with Crippen molar-refractivity contribution in [2.75, 3.05) is 11.9 Å². The number of ether oxygens (including phenoxy) is 1. The molecule has 0 radical (unpaired) electrons. The van der Waals surface area contributed by atoms with Crippen molar-refractivity contribution in [3.63, 3.8) is 0 Å². The van der Waals surface area contributed by atoms with Crippen molar-refractivity contribution < 1.29 is 27.1 Å². The van der Waals surface area contributed by atoms with Crippen LogP contribution in [-0.4, -0.2) is 29.1 Å². The molecular weight excluding hydrogens is 408 g/mol. The molecule has 0 atom stereocenters. The van der Waals surface area contributed by atoms with Crippen LogP contribution >= 0.6 is 0 Å². The molecule has 2 heterocycles. The Hall–Kier alpha value is -4.01. The number of carbonyl (C=O) groups excluding carboxylic acids is 1. The molecule has 0 unspecified atom stereocenters. The lowest BCUT2D eigenvalue weighted by Gasteiger charge is -2.12. The van der Waals surface area contributed by atoms with Gasteiger partial charge in [-0.25, -0.2) is 8.78 Å². The van der Waals surface area contributed by atoms with Crippen LogP contribution in [0.2, 0.25) is 0 Å². The van der Waals surface area contributed by atoms with Gasteiger partial charge in [0.05, 0.1) is 11.8 Å². The summed E-state index contributed by atoms with van der Waals surface area (Å²) in [5.41, 5.74) is 1.99. The quantitative estimate of drug-likeness (QED) is 0.438. The number of benzene rings is 2. The van der Waals surface area contributed by atoms with Crippen LogP contribution in [0.4, 0.5) is 14.5 Å². The highest BCUT2D eigenvalue weighted by atomic mass is 19.3. The summed E-state index contributed by atoms with van der Waals surface area (Å²) in [6.07, 6.45) is -1.14. The van der Waals surface area contributed by atoms with Gasteiger partial charge in [0.1, 0.15) is 12.4 Å². The number of nitrogens with zero attached hydrogens (tertiary/aromatic N) is 2. The second-order valence-corrected chi connectivity index (χ2v) is 6.63. The van der Waals surface area contributed by atoms with E-state index in [1.807, 2.05) is 0 Å². The predicted octanol–water partition coefficient (Wildman–Crippen LogP) is 5.20. The van der Waals surface area contributed by atoms with Gasteiger partial charge < -0.3 is 18.9 Å². The van der Waals surface area contributed by atoms with E-state index in [0.29, 0.717) is 17.0 Å². The van der Waals surface area contributed by atoms with Gasteiger partial charge in [0.2, 0.25) is 5.89 Å². The fraction of sp³-hybridized carbons (Fsp3) is 0.136. The summed E-state index contributed by atoms with van der Waals surface area (Å²) in [4.78, 5) is 12.8. The third-order valence-electron chi connectivity index (χ3n) is 4.27. The Labute approximate surface area is 175 Å². The highest BCUT2D eigenvalue weighted by Gasteiger charge is 2.17. The summed E-state index contributed by atoms with van der Waals surface area (Å²) in [5, 5.41) is 10.7. The molecule has 9 heteroatoms. The van der Waals surface area contributed by atoms with Crippen LogP contribution in [0.3, 0.4) is 0 Å². The maximum atomic E-state index is 12.8. The van der Waals surface area contributed by atoms with Gasteiger partial charge in [0.15, 0.2) is 5.76 Å². The Bertz CT molecular complexity index is 1190. The number of amides is 1. The monoisotopic (exact) mass is 425 g/mol. The molecule has 4 aromatic rings. The van der Waals surface area contributed by atoms with Crippen LogP contribution < -0.4 is 10.1 Å². The molecule has 4 rings (SSSR count). The van der Waals surface area contributed by atoms with E-state index in [0.717, 1.165) is 5.56 Å². The Morgan fingerprint density at radius 1 is 1.10 bits per heavy atom. The van der Waals surface area contributed by atoms with Gasteiger partial charge in [-0.05, 0) is 49.4 Å². The number of hydrogen-bond donors (Lipinski definition) is 1. The second-order valence-electron chi connectivity index (χ2n) is 6.63. The number of aryl methyl sites for hydroxylation is 1. The summed E-state index contributed by atoms with van der Waals surface area (Å²) in [6, 6.07) is 15.0. The zero-order valence-electron chi connectivity index (χ0n) is 16.3. The van der Waals surface area contributed by atoms with E-state index >= 15 is 0 Å². The first-order valence-corrected chi connectivity index (χ1v) is 9.30. The molecular formula is C22H17F2N3O4. The summed E-state index contributed by atoms with van der Waals surface area (Å²) in [7, 11) is 0. The zero-order chi connectivity index (χ0) is 21.8. The second kappa shape index (κ2) is 8.78. The molecule has 2 aromatic carbocycles. The van der Waals surface area contributed by atoms with Crippen LogP contribution in [0.1, 0.15) is 15.9 Å². The van der Waals surface area contributed by atoms with E-state index in [2.05, 4.69) is 15.5 Å². The summed E-state index contributed by atoms with van der Waals surface area (Å²) in [6.45, 7) is 0.995. The van der Waals surface area contributed by atoms with E-state index in [-0.39, 0.29) is 23.1 Å². The van der Waals surface area contributed by atoms with Gasteiger partial charge in [-0.15, -0.1) is 10.2 Å². The highest BCUT2D eigenvalue weighted by molar-refractivity contribution is 6.06. The Balaban J connectivity index is 1.54.